The SMILES string of the molecule is CC(C)C(=NNC(=O)c1ccc(NC(=O)C2CCCCC2)cc1)c1ccccc1. The summed E-state index contributed by atoms with van der Waals surface area (Å²) in [5.41, 5.74) is 5.69. The third kappa shape index (κ3) is 5.76. The molecule has 2 aromatic rings. The minimum Gasteiger partial charge on any atom is -0.326 e. The summed E-state index contributed by atoms with van der Waals surface area (Å²) >= 11 is 0. The van der Waals surface area contributed by atoms with Gasteiger partial charge in [0.2, 0.25) is 5.91 Å². The van der Waals surface area contributed by atoms with Crippen LogP contribution in [0.2, 0.25) is 0 Å². The van der Waals surface area contributed by atoms with Crippen LogP contribution in [0.15, 0.2) is 59.7 Å². The van der Waals surface area contributed by atoms with E-state index >= 15 is 0 Å². The molecule has 1 aliphatic rings. The van der Waals surface area contributed by atoms with Crippen LogP contribution in [-0.2, 0) is 4.79 Å². The highest BCUT2D eigenvalue weighted by molar-refractivity contribution is 6.03. The van der Waals surface area contributed by atoms with Gasteiger partial charge in [0.25, 0.3) is 5.91 Å². The normalized spacial score (nSPS) is 15.2. The first kappa shape index (κ1) is 20.8. The number of nitrogens with zero attached hydrogens (tertiary/aromatic N) is 1. The third-order valence-electron chi connectivity index (χ3n) is 5.28. The van der Waals surface area contributed by atoms with Crippen molar-refractivity contribution in [1.82, 2.24) is 5.43 Å². The number of hydrogen-bond acceptors (Lipinski definition) is 3. The molecule has 29 heavy (non-hydrogen) atoms. The van der Waals surface area contributed by atoms with Gasteiger partial charge in [-0.3, -0.25) is 9.59 Å². The Hall–Kier alpha value is -2.95. The molecule has 0 saturated heterocycles. The van der Waals surface area contributed by atoms with Crippen molar-refractivity contribution in [2.45, 2.75) is 46.0 Å². The molecule has 0 heterocycles. The Bertz CT molecular complexity index is 851. The van der Waals surface area contributed by atoms with E-state index in [0.29, 0.717) is 11.3 Å². The zero-order valence-corrected chi connectivity index (χ0v) is 17.2. The van der Waals surface area contributed by atoms with Crippen molar-refractivity contribution in [3.05, 3.63) is 65.7 Å². The molecule has 0 aromatic heterocycles. The van der Waals surface area contributed by atoms with Crippen molar-refractivity contribution in [2.75, 3.05) is 5.32 Å². The molecule has 0 bridgehead atoms. The summed E-state index contributed by atoms with van der Waals surface area (Å²) in [5, 5.41) is 7.32. The molecule has 2 amide bonds. The van der Waals surface area contributed by atoms with Crippen LogP contribution >= 0.6 is 0 Å². The number of carbonyl (C=O) groups excluding carboxylic acids is 2. The van der Waals surface area contributed by atoms with Crippen LogP contribution in [0, 0.1) is 11.8 Å². The number of hydrazone groups is 1. The number of nitrogens with one attached hydrogen (secondary N) is 2. The minimum absolute atomic E-state index is 0.0796. The van der Waals surface area contributed by atoms with E-state index in [1.807, 2.05) is 44.2 Å². The fourth-order valence-corrected chi connectivity index (χ4v) is 3.63. The number of benzene rings is 2. The number of carbonyl (C=O) groups is 2. The second-order valence-electron chi connectivity index (χ2n) is 7.86. The molecule has 5 heteroatoms. The third-order valence-corrected chi connectivity index (χ3v) is 5.28. The average Bonchev–Trinajstić information content (AvgIpc) is 2.75. The van der Waals surface area contributed by atoms with E-state index in [0.717, 1.165) is 37.0 Å². The zero-order valence-electron chi connectivity index (χ0n) is 17.2. The van der Waals surface area contributed by atoms with Crippen LogP contribution in [0.4, 0.5) is 5.69 Å². The van der Waals surface area contributed by atoms with Crippen molar-refractivity contribution >= 4 is 23.2 Å². The lowest BCUT2D eigenvalue weighted by atomic mass is 9.88. The maximum Gasteiger partial charge on any atom is 0.271 e. The first-order valence-electron chi connectivity index (χ1n) is 10.4. The summed E-state index contributed by atoms with van der Waals surface area (Å²) in [5.74, 6) is 0.0868. The van der Waals surface area contributed by atoms with Gasteiger partial charge in [0.15, 0.2) is 0 Å². The summed E-state index contributed by atoms with van der Waals surface area (Å²) in [6, 6.07) is 16.8. The van der Waals surface area contributed by atoms with Gasteiger partial charge < -0.3 is 5.32 Å². The van der Waals surface area contributed by atoms with Gasteiger partial charge in [-0.05, 0) is 48.6 Å². The molecule has 0 spiro atoms. The van der Waals surface area contributed by atoms with Crippen molar-refractivity contribution in [1.29, 1.82) is 0 Å². The molecule has 2 aromatic carbocycles. The molecule has 0 atom stereocenters. The number of anilines is 1. The van der Waals surface area contributed by atoms with Crippen molar-refractivity contribution in [3.8, 4) is 0 Å². The highest BCUT2D eigenvalue weighted by Crippen LogP contribution is 2.25. The van der Waals surface area contributed by atoms with E-state index in [2.05, 4.69) is 15.8 Å². The van der Waals surface area contributed by atoms with Crippen LogP contribution in [0.5, 0.6) is 0 Å². The van der Waals surface area contributed by atoms with Crippen LogP contribution in [0.3, 0.4) is 0 Å². The van der Waals surface area contributed by atoms with E-state index < -0.39 is 0 Å². The van der Waals surface area contributed by atoms with E-state index in [9.17, 15) is 9.59 Å². The molecular formula is C24H29N3O2. The first-order chi connectivity index (χ1) is 14.0. The monoisotopic (exact) mass is 391 g/mol. The second-order valence-corrected chi connectivity index (χ2v) is 7.86. The largest absolute Gasteiger partial charge is 0.326 e. The van der Waals surface area contributed by atoms with Crippen molar-refractivity contribution in [2.24, 2.45) is 16.9 Å². The smallest absolute Gasteiger partial charge is 0.271 e. The molecule has 1 aliphatic carbocycles. The summed E-state index contributed by atoms with van der Waals surface area (Å²) in [7, 11) is 0. The topological polar surface area (TPSA) is 70.6 Å². The molecule has 0 unspecified atom stereocenters. The van der Waals surface area contributed by atoms with Gasteiger partial charge >= 0.3 is 0 Å². The predicted molar refractivity (Wildman–Crippen MR) is 117 cm³/mol. The fraction of sp³-hybridized carbons (Fsp3) is 0.375. The standard InChI is InChI=1S/C24H29N3O2/c1-17(2)22(18-9-5-3-6-10-18)26-27-24(29)20-13-15-21(16-14-20)25-23(28)19-11-7-4-8-12-19/h3,5-6,9-10,13-17,19H,4,7-8,11-12H2,1-2H3,(H,25,28)(H,27,29). The lowest BCUT2D eigenvalue weighted by molar-refractivity contribution is -0.120. The van der Waals surface area contributed by atoms with Crippen LogP contribution in [0.1, 0.15) is 61.9 Å². The van der Waals surface area contributed by atoms with Gasteiger partial charge in [0.1, 0.15) is 0 Å². The summed E-state index contributed by atoms with van der Waals surface area (Å²) in [6.07, 6.45) is 5.39. The van der Waals surface area contributed by atoms with E-state index in [4.69, 9.17) is 0 Å². The second kappa shape index (κ2) is 10.0. The Kier molecular flexibility index (Phi) is 7.17. The number of hydrogen-bond donors (Lipinski definition) is 2. The van der Waals surface area contributed by atoms with Gasteiger partial charge in [-0.25, -0.2) is 5.43 Å². The van der Waals surface area contributed by atoms with E-state index in [1.165, 1.54) is 6.42 Å². The fourth-order valence-electron chi connectivity index (χ4n) is 3.63. The van der Waals surface area contributed by atoms with E-state index in [1.54, 1.807) is 24.3 Å². The zero-order chi connectivity index (χ0) is 20.6. The average molecular weight is 392 g/mol. The predicted octanol–water partition coefficient (Wildman–Crippen LogP) is 5.00. The van der Waals surface area contributed by atoms with Gasteiger partial charge in [0.05, 0.1) is 5.71 Å². The maximum atomic E-state index is 12.5. The van der Waals surface area contributed by atoms with Crippen LogP contribution in [-0.4, -0.2) is 17.5 Å². The molecule has 2 N–H and O–H groups in total. The molecule has 0 aliphatic heterocycles. The number of rotatable bonds is 6. The molecule has 0 radical (unpaired) electrons. The highest BCUT2D eigenvalue weighted by atomic mass is 16.2. The molecule has 3 rings (SSSR count). The molecule has 1 saturated carbocycles. The van der Waals surface area contributed by atoms with Crippen LogP contribution in [0.25, 0.3) is 0 Å². The Morgan fingerprint density at radius 2 is 1.55 bits per heavy atom. The first-order valence-corrected chi connectivity index (χ1v) is 10.4. The summed E-state index contributed by atoms with van der Waals surface area (Å²) in [4.78, 5) is 24.8. The van der Waals surface area contributed by atoms with Gasteiger partial charge in [-0.2, -0.15) is 5.10 Å². The van der Waals surface area contributed by atoms with E-state index in [-0.39, 0.29) is 23.7 Å². The molecule has 1 fully saturated rings. The van der Waals surface area contributed by atoms with Gasteiger partial charge in [-0.1, -0.05) is 63.4 Å². The lowest BCUT2D eigenvalue weighted by Gasteiger charge is -2.20. The maximum absolute atomic E-state index is 12.5. The lowest BCUT2D eigenvalue weighted by Crippen LogP contribution is -2.25. The van der Waals surface area contributed by atoms with Gasteiger partial charge in [-0.15, -0.1) is 0 Å². The molecule has 152 valence electrons. The Morgan fingerprint density at radius 3 is 2.17 bits per heavy atom. The molecule has 5 nitrogen and oxygen atoms in total. The molecular weight excluding hydrogens is 362 g/mol. The highest BCUT2D eigenvalue weighted by Gasteiger charge is 2.21. The quantitative estimate of drug-likeness (QED) is 0.538. The number of amides is 2. The minimum atomic E-state index is -0.274. The summed E-state index contributed by atoms with van der Waals surface area (Å²) in [6.45, 7) is 4.09. The van der Waals surface area contributed by atoms with Crippen molar-refractivity contribution < 1.29 is 9.59 Å². The Morgan fingerprint density at radius 1 is 0.897 bits per heavy atom. The Balaban J connectivity index is 1.61. The van der Waals surface area contributed by atoms with Crippen LogP contribution < -0.4 is 10.7 Å². The van der Waals surface area contributed by atoms with Gasteiger partial charge in [0, 0.05) is 17.2 Å². The van der Waals surface area contributed by atoms with Crippen molar-refractivity contribution in [3.63, 3.8) is 0 Å². The summed E-state index contributed by atoms with van der Waals surface area (Å²) < 4.78 is 0. The Labute approximate surface area is 172 Å².